The molecule has 5 heteroatoms. The molecule has 1 aromatic carbocycles. The standard InChI is InChI=1S/C12H14ClNO3/c1-16-10-4-2-9(3-5-10)11-8-14(7-6-13)12(15)17-11/h2-5,11H,6-8H2,1H3. The van der Waals surface area contributed by atoms with Crippen LogP contribution in [0.15, 0.2) is 24.3 Å². The highest BCUT2D eigenvalue weighted by molar-refractivity contribution is 6.18. The molecule has 1 amide bonds. The number of hydrogen-bond donors (Lipinski definition) is 0. The lowest BCUT2D eigenvalue weighted by Gasteiger charge is -2.10. The van der Waals surface area contributed by atoms with E-state index in [0.29, 0.717) is 19.0 Å². The van der Waals surface area contributed by atoms with Crippen LogP contribution in [0.2, 0.25) is 0 Å². The van der Waals surface area contributed by atoms with Crippen LogP contribution in [0.4, 0.5) is 4.79 Å². The molecule has 92 valence electrons. The first kappa shape index (κ1) is 12.0. The van der Waals surface area contributed by atoms with Crippen molar-refractivity contribution in [3.05, 3.63) is 29.8 Å². The molecule has 1 aromatic rings. The van der Waals surface area contributed by atoms with Crippen LogP contribution < -0.4 is 4.74 Å². The lowest BCUT2D eigenvalue weighted by atomic mass is 10.1. The number of alkyl halides is 1. The zero-order chi connectivity index (χ0) is 12.3. The molecule has 0 spiro atoms. The van der Waals surface area contributed by atoms with Gasteiger partial charge in [0.05, 0.1) is 13.7 Å². The fourth-order valence-corrected chi connectivity index (χ4v) is 1.99. The normalized spacial score (nSPS) is 19.3. The summed E-state index contributed by atoms with van der Waals surface area (Å²) >= 11 is 5.61. The number of carbonyl (C=O) groups excluding carboxylic acids is 1. The molecular formula is C12H14ClNO3. The smallest absolute Gasteiger partial charge is 0.410 e. The van der Waals surface area contributed by atoms with Gasteiger partial charge in [-0.15, -0.1) is 11.6 Å². The van der Waals surface area contributed by atoms with Crippen molar-refractivity contribution >= 4 is 17.7 Å². The topological polar surface area (TPSA) is 38.8 Å². The maximum Gasteiger partial charge on any atom is 0.410 e. The fourth-order valence-electron chi connectivity index (χ4n) is 1.78. The van der Waals surface area contributed by atoms with Gasteiger partial charge >= 0.3 is 6.09 Å². The number of amides is 1. The number of nitrogens with zero attached hydrogens (tertiary/aromatic N) is 1. The van der Waals surface area contributed by atoms with Gasteiger partial charge < -0.3 is 14.4 Å². The van der Waals surface area contributed by atoms with Crippen LogP contribution in [0.1, 0.15) is 11.7 Å². The number of cyclic esters (lactones) is 1. The van der Waals surface area contributed by atoms with Gasteiger partial charge in [-0.05, 0) is 17.7 Å². The van der Waals surface area contributed by atoms with E-state index in [-0.39, 0.29) is 12.2 Å². The summed E-state index contributed by atoms with van der Waals surface area (Å²) in [5.74, 6) is 1.21. The van der Waals surface area contributed by atoms with E-state index in [1.54, 1.807) is 12.0 Å². The molecule has 1 aliphatic rings. The van der Waals surface area contributed by atoms with E-state index >= 15 is 0 Å². The minimum Gasteiger partial charge on any atom is -0.497 e. The van der Waals surface area contributed by atoms with Gasteiger partial charge in [0.15, 0.2) is 0 Å². The van der Waals surface area contributed by atoms with Gasteiger partial charge in [-0.25, -0.2) is 4.79 Å². The van der Waals surface area contributed by atoms with Crippen LogP contribution in [0.5, 0.6) is 5.75 Å². The van der Waals surface area contributed by atoms with Gasteiger partial charge in [0.1, 0.15) is 11.9 Å². The summed E-state index contributed by atoms with van der Waals surface area (Å²) < 4.78 is 10.4. The van der Waals surface area contributed by atoms with Crippen LogP contribution in [0.3, 0.4) is 0 Å². The van der Waals surface area contributed by atoms with Gasteiger partial charge in [-0.3, -0.25) is 0 Å². The van der Waals surface area contributed by atoms with E-state index in [1.165, 1.54) is 0 Å². The SMILES string of the molecule is COc1ccc(C2CN(CCCl)C(=O)O2)cc1. The van der Waals surface area contributed by atoms with Crippen molar-refractivity contribution < 1.29 is 14.3 Å². The zero-order valence-corrected chi connectivity index (χ0v) is 10.3. The average molecular weight is 256 g/mol. The average Bonchev–Trinajstić information content (AvgIpc) is 2.72. The van der Waals surface area contributed by atoms with Crippen molar-refractivity contribution in [2.24, 2.45) is 0 Å². The number of carbonyl (C=O) groups is 1. The van der Waals surface area contributed by atoms with Crippen molar-refractivity contribution in [1.82, 2.24) is 4.90 Å². The van der Waals surface area contributed by atoms with Crippen LogP contribution in [0, 0.1) is 0 Å². The van der Waals surface area contributed by atoms with Gasteiger partial charge in [0, 0.05) is 12.4 Å². The molecule has 1 unspecified atom stereocenters. The fraction of sp³-hybridized carbons (Fsp3) is 0.417. The van der Waals surface area contributed by atoms with Crippen molar-refractivity contribution in [1.29, 1.82) is 0 Å². The predicted octanol–water partition coefficient (Wildman–Crippen LogP) is 2.43. The summed E-state index contributed by atoms with van der Waals surface area (Å²) in [6, 6.07) is 7.52. The number of benzene rings is 1. The first-order valence-corrected chi connectivity index (χ1v) is 5.93. The Bertz CT molecular complexity index is 393. The van der Waals surface area contributed by atoms with Crippen molar-refractivity contribution in [3.8, 4) is 5.75 Å². The quantitative estimate of drug-likeness (QED) is 0.776. The summed E-state index contributed by atoms with van der Waals surface area (Å²) in [4.78, 5) is 13.1. The largest absolute Gasteiger partial charge is 0.497 e. The van der Waals surface area contributed by atoms with E-state index in [1.807, 2.05) is 24.3 Å². The molecule has 0 aromatic heterocycles. The van der Waals surface area contributed by atoms with Crippen molar-refractivity contribution in [3.63, 3.8) is 0 Å². The van der Waals surface area contributed by atoms with Gasteiger partial charge in [-0.2, -0.15) is 0 Å². The minimum atomic E-state index is -0.300. The maximum absolute atomic E-state index is 11.5. The first-order chi connectivity index (χ1) is 8.24. The van der Waals surface area contributed by atoms with E-state index in [9.17, 15) is 4.79 Å². The molecule has 1 heterocycles. The summed E-state index contributed by atoms with van der Waals surface area (Å²) in [5.41, 5.74) is 0.969. The second kappa shape index (κ2) is 5.27. The van der Waals surface area contributed by atoms with Gasteiger partial charge in [0.25, 0.3) is 0 Å². The molecule has 1 atom stereocenters. The van der Waals surface area contributed by atoms with Crippen LogP contribution >= 0.6 is 11.6 Å². The molecule has 1 fully saturated rings. The molecule has 0 aliphatic carbocycles. The Hall–Kier alpha value is -1.42. The second-order valence-electron chi connectivity index (χ2n) is 3.78. The molecular weight excluding hydrogens is 242 g/mol. The summed E-state index contributed by atoms with van der Waals surface area (Å²) in [6.45, 7) is 1.07. The Morgan fingerprint density at radius 2 is 2.18 bits per heavy atom. The summed E-state index contributed by atoms with van der Waals surface area (Å²) in [5, 5.41) is 0. The highest BCUT2D eigenvalue weighted by Crippen LogP contribution is 2.27. The van der Waals surface area contributed by atoms with Crippen LogP contribution in [0.25, 0.3) is 0 Å². The number of rotatable bonds is 4. The molecule has 0 N–H and O–H groups in total. The maximum atomic E-state index is 11.5. The van der Waals surface area contributed by atoms with Gasteiger partial charge in [0.2, 0.25) is 0 Å². The van der Waals surface area contributed by atoms with E-state index < -0.39 is 0 Å². The first-order valence-electron chi connectivity index (χ1n) is 5.40. The molecule has 4 nitrogen and oxygen atoms in total. The molecule has 17 heavy (non-hydrogen) atoms. The number of ether oxygens (including phenoxy) is 2. The molecule has 1 aliphatic heterocycles. The monoisotopic (exact) mass is 255 g/mol. The number of methoxy groups -OCH3 is 1. The van der Waals surface area contributed by atoms with Crippen molar-refractivity contribution in [2.45, 2.75) is 6.10 Å². The van der Waals surface area contributed by atoms with Crippen LogP contribution in [-0.2, 0) is 4.74 Å². The summed E-state index contributed by atoms with van der Waals surface area (Å²) in [6.07, 6.45) is -0.511. The third-order valence-corrected chi connectivity index (χ3v) is 2.90. The Morgan fingerprint density at radius 3 is 2.76 bits per heavy atom. The molecule has 0 radical (unpaired) electrons. The molecule has 1 saturated heterocycles. The second-order valence-corrected chi connectivity index (χ2v) is 4.16. The van der Waals surface area contributed by atoms with Crippen molar-refractivity contribution in [2.75, 3.05) is 26.1 Å². The lowest BCUT2D eigenvalue weighted by molar-refractivity contribution is 0.133. The lowest BCUT2D eigenvalue weighted by Crippen LogP contribution is -2.26. The highest BCUT2D eigenvalue weighted by atomic mass is 35.5. The van der Waals surface area contributed by atoms with E-state index in [4.69, 9.17) is 21.1 Å². The Kier molecular flexibility index (Phi) is 3.74. The van der Waals surface area contributed by atoms with Gasteiger partial charge in [-0.1, -0.05) is 12.1 Å². The molecule has 0 bridgehead atoms. The van der Waals surface area contributed by atoms with E-state index in [2.05, 4.69) is 0 Å². The highest BCUT2D eigenvalue weighted by Gasteiger charge is 2.31. The number of hydrogen-bond acceptors (Lipinski definition) is 3. The number of halogens is 1. The Balaban J connectivity index is 2.06. The Morgan fingerprint density at radius 1 is 1.47 bits per heavy atom. The molecule has 0 saturated carbocycles. The minimum absolute atomic E-state index is 0.211. The predicted molar refractivity (Wildman–Crippen MR) is 64.5 cm³/mol. The third-order valence-electron chi connectivity index (χ3n) is 2.73. The zero-order valence-electron chi connectivity index (χ0n) is 9.56. The summed E-state index contributed by atoms with van der Waals surface area (Å²) in [7, 11) is 1.62. The van der Waals surface area contributed by atoms with Crippen LogP contribution in [-0.4, -0.2) is 37.1 Å². The van der Waals surface area contributed by atoms with E-state index in [0.717, 1.165) is 11.3 Å². The molecule has 2 rings (SSSR count). The third kappa shape index (κ3) is 2.64. The Labute approximate surface area is 105 Å².